The highest BCUT2D eigenvalue weighted by atomic mass is 16.5. The van der Waals surface area contributed by atoms with Gasteiger partial charge in [0, 0.05) is 0 Å². The van der Waals surface area contributed by atoms with E-state index in [4.69, 9.17) is 9.84 Å². The van der Waals surface area contributed by atoms with Gasteiger partial charge in [0.15, 0.2) is 0 Å². The van der Waals surface area contributed by atoms with E-state index in [0.717, 1.165) is 0 Å². The number of carbonyl (C=O) groups is 2. The van der Waals surface area contributed by atoms with Crippen LogP contribution < -0.4 is 0 Å². The van der Waals surface area contributed by atoms with Gasteiger partial charge in [0.25, 0.3) is 6.47 Å². The SMILES string of the molecule is O=COCCOCCC(=O)O. The van der Waals surface area contributed by atoms with Crippen LogP contribution in [0.4, 0.5) is 0 Å². The van der Waals surface area contributed by atoms with Crippen molar-refractivity contribution >= 4 is 12.4 Å². The summed E-state index contributed by atoms with van der Waals surface area (Å²) in [6.45, 7) is 0.882. The van der Waals surface area contributed by atoms with Gasteiger partial charge < -0.3 is 14.6 Å². The van der Waals surface area contributed by atoms with E-state index in [0.29, 0.717) is 6.47 Å². The number of carboxylic acid groups (broad SMARTS) is 1. The van der Waals surface area contributed by atoms with E-state index in [9.17, 15) is 9.59 Å². The zero-order valence-electron chi connectivity index (χ0n) is 5.99. The lowest BCUT2D eigenvalue weighted by molar-refractivity contribution is -0.139. The van der Waals surface area contributed by atoms with Crippen LogP contribution in [0.15, 0.2) is 0 Å². The fourth-order valence-corrected chi connectivity index (χ4v) is 0.417. The summed E-state index contributed by atoms with van der Waals surface area (Å²) in [4.78, 5) is 19.5. The summed E-state index contributed by atoms with van der Waals surface area (Å²) < 4.78 is 9.07. The number of rotatable bonds is 7. The molecular weight excluding hydrogens is 152 g/mol. The van der Waals surface area contributed by atoms with Crippen molar-refractivity contribution in [3.05, 3.63) is 0 Å². The molecule has 0 fully saturated rings. The topological polar surface area (TPSA) is 72.8 Å². The Morgan fingerprint density at radius 3 is 2.64 bits per heavy atom. The van der Waals surface area contributed by atoms with Crippen molar-refractivity contribution in [3.63, 3.8) is 0 Å². The molecule has 0 radical (unpaired) electrons. The van der Waals surface area contributed by atoms with Crippen LogP contribution in [0.5, 0.6) is 0 Å². The third-order valence-corrected chi connectivity index (χ3v) is 0.874. The Bertz CT molecular complexity index is 122. The molecular formula is C6H10O5. The Kier molecular flexibility index (Phi) is 6.31. The highest BCUT2D eigenvalue weighted by Crippen LogP contribution is 1.82. The molecule has 0 aliphatic carbocycles. The highest BCUT2D eigenvalue weighted by Gasteiger charge is 1.95. The molecule has 5 heteroatoms. The van der Waals surface area contributed by atoms with Crippen LogP contribution in [0, 0.1) is 0 Å². The third kappa shape index (κ3) is 8.90. The third-order valence-electron chi connectivity index (χ3n) is 0.874. The molecule has 0 aromatic carbocycles. The number of aliphatic carboxylic acids is 1. The van der Waals surface area contributed by atoms with Crippen LogP contribution in [0.1, 0.15) is 6.42 Å². The van der Waals surface area contributed by atoms with Gasteiger partial charge in [0.1, 0.15) is 6.61 Å². The standard InChI is InChI=1S/C6H10O5/c7-5-11-4-3-10-2-1-6(8)9/h5H,1-4H2,(H,8,9). The van der Waals surface area contributed by atoms with E-state index >= 15 is 0 Å². The average molecular weight is 162 g/mol. The van der Waals surface area contributed by atoms with Crippen molar-refractivity contribution in [2.45, 2.75) is 6.42 Å². The van der Waals surface area contributed by atoms with Gasteiger partial charge in [-0.1, -0.05) is 0 Å². The quantitative estimate of drug-likeness (QED) is 0.409. The maximum atomic E-state index is 9.92. The molecule has 0 unspecified atom stereocenters. The molecule has 0 heterocycles. The molecule has 0 rings (SSSR count). The lowest BCUT2D eigenvalue weighted by Gasteiger charge is -1.99. The van der Waals surface area contributed by atoms with E-state index in [1.165, 1.54) is 0 Å². The molecule has 0 aliphatic heterocycles. The van der Waals surface area contributed by atoms with Crippen LogP contribution in [0.2, 0.25) is 0 Å². The minimum absolute atomic E-state index is 0.0267. The zero-order chi connectivity index (χ0) is 8.53. The first-order chi connectivity index (χ1) is 5.27. The number of hydrogen-bond acceptors (Lipinski definition) is 4. The fraction of sp³-hybridized carbons (Fsp3) is 0.667. The summed E-state index contributed by atoms with van der Waals surface area (Å²) in [5.41, 5.74) is 0. The van der Waals surface area contributed by atoms with Crippen molar-refractivity contribution in [2.75, 3.05) is 19.8 Å². The summed E-state index contributed by atoms with van der Waals surface area (Å²) in [6.07, 6.45) is -0.0267. The second kappa shape index (κ2) is 7.01. The molecule has 0 aromatic heterocycles. The smallest absolute Gasteiger partial charge is 0.305 e. The van der Waals surface area contributed by atoms with Crippen molar-refractivity contribution in [1.29, 1.82) is 0 Å². The lowest BCUT2D eigenvalue weighted by Crippen LogP contribution is -2.07. The maximum absolute atomic E-state index is 9.92. The number of hydrogen-bond donors (Lipinski definition) is 1. The molecule has 0 spiro atoms. The zero-order valence-corrected chi connectivity index (χ0v) is 5.99. The Morgan fingerprint density at radius 1 is 1.36 bits per heavy atom. The van der Waals surface area contributed by atoms with Gasteiger partial charge in [-0.3, -0.25) is 9.59 Å². The Morgan fingerprint density at radius 2 is 2.09 bits per heavy atom. The minimum atomic E-state index is -0.902. The van der Waals surface area contributed by atoms with Gasteiger partial charge >= 0.3 is 5.97 Å². The maximum Gasteiger partial charge on any atom is 0.305 e. The molecule has 11 heavy (non-hydrogen) atoms. The predicted octanol–water partition coefficient (Wildman–Crippen LogP) is -0.349. The van der Waals surface area contributed by atoms with Crippen molar-refractivity contribution < 1.29 is 24.2 Å². The monoisotopic (exact) mass is 162 g/mol. The van der Waals surface area contributed by atoms with Gasteiger partial charge in [0.05, 0.1) is 19.6 Å². The van der Waals surface area contributed by atoms with Gasteiger partial charge in [-0.05, 0) is 0 Å². The summed E-state index contributed by atoms with van der Waals surface area (Å²) in [7, 11) is 0. The Balaban J connectivity index is 2.90. The van der Waals surface area contributed by atoms with Crippen LogP contribution in [0.25, 0.3) is 0 Å². The van der Waals surface area contributed by atoms with E-state index in [2.05, 4.69) is 4.74 Å². The first-order valence-corrected chi connectivity index (χ1v) is 3.12. The van der Waals surface area contributed by atoms with E-state index in [1.807, 2.05) is 0 Å². The first kappa shape index (κ1) is 9.90. The van der Waals surface area contributed by atoms with Crippen molar-refractivity contribution in [2.24, 2.45) is 0 Å². The molecule has 0 atom stereocenters. The van der Waals surface area contributed by atoms with Gasteiger partial charge in [-0.25, -0.2) is 0 Å². The molecule has 0 saturated carbocycles. The highest BCUT2D eigenvalue weighted by molar-refractivity contribution is 5.66. The molecule has 64 valence electrons. The minimum Gasteiger partial charge on any atom is -0.481 e. The van der Waals surface area contributed by atoms with Crippen LogP contribution in [0.3, 0.4) is 0 Å². The first-order valence-electron chi connectivity index (χ1n) is 3.12. The van der Waals surface area contributed by atoms with Crippen LogP contribution in [-0.4, -0.2) is 37.4 Å². The lowest BCUT2D eigenvalue weighted by atomic mass is 10.5. The Labute approximate surface area is 63.9 Å². The van der Waals surface area contributed by atoms with Gasteiger partial charge in [-0.15, -0.1) is 0 Å². The normalized spacial score (nSPS) is 9.09. The van der Waals surface area contributed by atoms with Gasteiger partial charge in [-0.2, -0.15) is 0 Å². The number of ether oxygens (including phenoxy) is 2. The van der Waals surface area contributed by atoms with Crippen LogP contribution in [-0.2, 0) is 19.1 Å². The summed E-state index contributed by atoms with van der Waals surface area (Å²) in [5, 5.41) is 8.15. The molecule has 0 aromatic rings. The second-order valence-corrected chi connectivity index (χ2v) is 1.72. The predicted molar refractivity (Wildman–Crippen MR) is 35.1 cm³/mol. The molecule has 1 N–H and O–H groups in total. The van der Waals surface area contributed by atoms with E-state index in [1.54, 1.807) is 0 Å². The summed E-state index contributed by atoms with van der Waals surface area (Å²) >= 11 is 0. The molecule has 0 aliphatic rings. The largest absolute Gasteiger partial charge is 0.481 e. The fourth-order valence-electron chi connectivity index (χ4n) is 0.417. The number of carbonyl (C=O) groups excluding carboxylic acids is 1. The molecule has 0 bridgehead atoms. The molecule has 5 nitrogen and oxygen atoms in total. The van der Waals surface area contributed by atoms with Crippen LogP contribution >= 0.6 is 0 Å². The molecule has 0 saturated heterocycles. The Hall–Kier alpha value is -1.10. The van der Waals surface area contributed by atoms with E-state index < -0.39 is 5.97 Å². The van der Waals surface area contributed by atoms with E-state index in [-0.39, 0.29) is 26.2 Å². The molecule has 0 amide bonds. The van der Waals surface area contributed by atoms with Crippen molar-refractivity contribution in [3.8, 4) is 0 Å². The second-order valence-electron chi connectivity index (χ2n) is 1.72. The number of carboxylic acids is 1. The summed E-state index contributed by atoms with van der Waals surface area (Å²) in [6, 6.07) is 0. The van der Waals surface area contributed by atoms with Crippen molar-refractivity contribution in [1.82, 2.24) is 0 Å². The summed E-state index contributed by atoms with van der Waals surface area (Å²) in [5.74, 6) is -0.902. The van der Waals surface area contributed by atoms with Gasteiger partial charge in [0.2, 0.25) is 0 Å². The average Bonchev–Trinajstić information content (AvgIpc) is 1.96.